The summed E-state index contributed by atoms with van der Waals surface area (Å²) < 4.78 is 5.15. The molecule has 1 rings (SSSR count). The predicted octanol–water partition coefficient (Wildman–Crippen LogP) is 1.84. The van der Waals surface area contributed by atoms with Gasteiger partial charge in [0.25, 0.3) is 5.91 Å². The molecule has 1 N–H and O–H groups in total. The fraction of sp³-hybridized carbons (Fsp3) is 0.571. The highest BCUT2D eigenvalue weighted by atomic mass is 16.5. The first-order valence-electron chi connectivity index (χ1n) is 6.39. The lowest BCUT2D eigenvalue weighted by atomic mass is 10.1. The molecular weight excluding hydrogens is 244 g/mol. The highest BCUT2D eigenvalue weighted by molar-refractivity contribution is 5.98. The first kappa shape index (κ1) is 15.4. The molecule has 0 saturated heterocycles. The predicted molar refractivity (Wildman–Crippen MR) is 73.2 cm³/mol. The summed E-state index contributed by atoms with van der Waals surface area (Å²) in [6.45, 7) is 7.61. The molecule has 0 atom stereocenters. The fourth-order valence-corrected chi connectivity index (χ4v) is 2.19. The minimum atomic E-state index is -0.218. The van der Waals surface area contributed by atoms with Crippen molar-refractivity contribution in [1.82, 2.24) is 9.88 Å². The number of carbonyl (C=O) groups excluding carboxylic acids is 1. The first-order valence-corrected chi connectivity index (χ1v) is 6.39. The van der Waals surface area contributed by atoms with Crippen LogP contribution < -0.4 is 4.74 Å². The van der Waals surface area contributed by atoms with E-state index in [1.54, 1.807) is 11.0 Å². The van der Waals surface area contributed by atoms with Gasteiger partial charge in [0.15, 0.2) is 0 Å². The van der Waals surface area contributed by atoms with Crippen LogP contribution in [0.25, 0.3) is 0 Å². The maximum Gasteiger partial charge on any atom is 0.260 e. The van der Waals surface area contributed by atoms with Gasteiger partial charge >= 0.3 is 0 Å². The van der Waals surface area contributed by atoms with Gasteiger partial charge in [-0.2, -0.15) is 0 Å². The number of methoxy groups -OCH3 is 1. The third kappa shape index (κ3) is 3.23. The first-order chi connectivity index (χ1) is 8.93. The highest BCUT2D eigenvalue weighted by Crippen LogP contribution is 2.23. The molecular formula is C14H22N2O3. The number of aromatic nitrogens is 1. The van der Waals surface area contributed by atoms with E-state index < -0.39 is 0 Å². The molecule has 5 nitrogen and oxygen atoms in total. The van der Waals surface area contributed by atoms with Gasteiger partial charge in [-0.25, -0.2) is 4.98 Å². The molecule has 0 saturated carbocycles. The SMILES string of the molecule is COc1nccc(CO)c1C(=O)N(C(C)C)C(C)C. The molecule has 0 aliphatic rings. The number of carbonyl (C=O) groups is 1. The van der Waals surface area contributed by atoms with Crippen LogP contribution in [-0.2, 0) is 6.61 Å². The lowest BCUT2D eigenvalue weighted by Crippen LogP contribution is -2.42. The molecule has 0 fully saturated rings. The quantitative estimate of drug-likeness (QED) is 0.883. The molecule has 0 bridgehead atoms. The summed E-state index contributed by atoms with van der Waals surface area (Å²) in [6, 6.07) is 1.75. The van der Waals surface area contributed by atoms with E-state index in [1.165, 1.54) is 13.3 Å². The van der Waals surface area contributed by atoms with Gasteiger partial charge < -0.3 is 14.7 Å². The second-order valence-electron chi connectivity index (χ2n) is 4.91. The average molecular weight is 266 g/mol. The Morgan fingerprint density at radius 2 is 1.95 bits per heavy atom. The zero-order chi connectivity index (χ0) is 14.6. The van der Waals surface area contributed by atoms with Crippen LogP contribution in [0.1, 0.15) is 43.6 Å². The van der Waals surface area contributed by atoms with Crippen LogP contribution in [-0.4, -0.2) is 40.1 Å². The van der Waals surface area contributed by atoms with Crippen LogP contribution in [0.2, 0.25) is 0 Å². The van der Waals surface area contributed by atoms with E-state index in [-0.39, 0.29) is 30.5 Å². The summed E-state index contributed by atoms with van der Waals surface area (Å²) in [4.78, 5) is 18.5. The van der Waals surface area contributed by atoms with Crippen LogP contribution in [0.3, 0.4) is 0 Å². The number of nitrogens with zero attached hydrogens (tertiary/aromatic N) is 2. The van der Waals surface area contributed by atoms with Crippen molar-refractivity contribution in [3.8, 4) is 5.88 Å². The van der Waals surface area contributed by atoms with Gasteiger partial charge in [0.05, 0.1) is 13.7 Å². The number of rotatable bonds is 5. The molecule has 5 heteroatoms. The second kappa shape index (κ2) is 6.52. The lowest BCUT2D eigenvalue weighted by Gasteiger charge is -2.31. The van der Waals surface area contributed by atoms with Crippen molar-refractivity contribution in [3.05, 3.63) is 23.4 Å². The summed E-state index contributed by atoms with van der Waals surface area (Å²) >= 11 is 0. The van der Waals surface area contributed by atoms with Gasteiger partial charge in [-0.3, -0.25) is 4.79 Å². The lowest BCUT2D eigenvalue weighted by molar-refractivity contribution is 0.0636. The topological polar surface area (TPSA) is 62.7 Å². The van der Waals surface area contributed by atoms with Crippen molar-refractivity contribution < 1.29 is 14.6 Å². The van der Waals surface area contributed by atoms with E-state index in [4.69, 9.17) is 4.74 Å². The number of amides is 1. The summed E-state index contributed by atoms with van der Waals surface area (Å²) in [7, 11) is 1.47. The van der Waals surface area contributed by atoms with Gasteiger partial charge in [0, 0.05) is 18.3 Å². The van der Waals surface area contributed by atoms with E-state index in [9.17, 15) is 9.90 Å². The number of hydrogen-bond donors (Lipinski definition) is 1. The Morgan fingerprint density at radius 3 is 2.37 bits per heavy atom. The van der Waals surface area contributed by atoms with Crippen LogP contribution in [0.15, 0.2) is 12.3 Å². The fourth-order valence-electron chi connectivity index (χ4n) is 2.19. The van der Waals surface area contributed by atoms with E-state index >= 15 is 0 Å². The normalized spacial score (nSPS) is 10.9. The largest absolute Gasteiger partial charge is 0.480 e. The average Bonchev–Trinajstić information content (AvgIpc) is 2.36. The van der Waals surface area contributed by atoms with Crippen LogP contribution in [0.5, 0.6) is 5.88 Å². The molecule has 0 radical (unpaired) electrons. The van der Waals surface area contributed by atoms with Crippen molar-refractivity contribution in [1.29, 1.82) is 0 Å². The third-order valence-corrected chi connectivity index (χ3v) is 2.93. The highest BCUT2D eigenvalue weighted by Gasteiger charge is 2.27. The number of aliphatic hydroxyl groups excluding tert-OH is 1. The molecule has 1 amide bonds. The van der Waals surface area contributed by atoms with Crippen LogP contribution in [0, 0.1) is 0 Å². The molecule has 0 spiro atoms. The summed E-state index contributed by atoms with van der Waals surface area (Å²) in [6.07, 6.45) is 1.52. The molecule has 1 aromatic rings. The monoisotopic (exact) mass is 266 g/mol. The van der Waals surface area contributed by atoms with E-state index in [2.05, 4.69) is 4.98 Å². The van der Waals surface area contributed by atoms with E-state index in [1.807, 2.05) is 27.7 Å². The molecule has 1 heterocycles. The zero-order valence-electron chi connectivity index (χ0n) is 12.2. The van der Waals surface area contributed by atoms with Crippen molar-refractivity contribution in [3.63, 3.8) is 0 Å². The number of ether oxygens (including phenoxy) is 1. The van der Waals surface area contributed by atoms with E-state index in [0.29, 0.717) is 11.1 Å². The van der Waals surface area contributed by atoms with Crippen molar-refractivity contribution in [2.45, 2.75) is 46.4 Å². The summed E-state index contributed by atoms with van der Waals surface area (Å²) in [5, 5.41) is 9.39. The Bertz CT molecular complexity index is 414. The minimum absolute atomic E-state index is 0.0592. The number of aliphatic hydroxyl groups is 1. The van der Waals surface area contributed by atoms with Crippen LogP contribution in [0.4, 0.5) is 0 Å². The van der Waals surface area contributed by atoms with Gasteiger partial charge in [0.1, 0.15) is 5.56 Å². The molecule has 106 valence electrons. The molecule has 19 heavy (non-hydrogen) atoms. The van der Waals surface area contributed by atoms with Gasteiger partial charge in [-0.15, -0.1) is 0 Å². The Balaban J connectivity index is 3.31. The molecule has 0 aliphatic heterocycles. The Kier molecular flexibility index (Phi) is 5.30. The zero-order valence-corrected chi connectivity index (χ0v) is 12.2. The Hall–Kier alpha value is -1.62. The smallest absolute Gasteiger partial charge is 0.260 e. The summed E-state index contributed by atoms with van der Waals surface area (Å²) in [5.74, 6) is 0.0850. The van der Waals surface area contributed by atoms with Crippen molar-refractivity contribution in [2.75, 3.05) is 7.11 Å². The van der Waals surface area contributed by atoms with Gasteiger partial charge in [-0.1, -0.05) is 0 Å². The van der Waals surface area contributed by atoms with E-state index in [0.717, 1.165) is 0 Å². The molecule has 0 aromatic carbocycles. The third-order valence-electron chi connectivity index (χ3n) is 2.93. The van der Waals surface area contributed by atoms with Gasteiger partial charge in [0.2, 0.25) is 5.88 Å². The standard InChI is InChI=1S/C14H22N2O3/c1-9(2)16(10(3)4)14(18)12-11(8-17)6-7-15-13(12)19-5/h6-7,9-10,17H,8H2,1-5H3. The van der Waals surface area contributed by atoms with Gasteiger partial charge in [-0.05, 0) is 39.3 Å². The van der Waals surface area contributed by atoms with Crippen molar-refractivity contribution in [2.24, 2.45) is 0 Å². The Labute approximate surface area is 114 Å². The van der Waals surface area contributed by atoms with Crippen molar-refractivity contribution >= 4 is 5.91 Å². The molecule has 0 aliphatic carbocycles. The molecule has 0 unspecified atom stereocenters. The Morgan fingerprint density at radius 1 is 1.37 bits per heavy atom. The molecule has 1 aromatic heterocycles. The maximum atomic E-state index is 12.7. The second-order valence-corrected chi connectivity index (χ2v) is 4.91. The maximum absolute atomic E-state index is 12.7. The minimum Gasteiger partial charge on any atom is -0.480 e. The van der Waals surface area contributed by atoms with Crippen LogP contribution >= 0.6 is 0 Å². The number of hydrogen-bond acceptors (Lipinski definition) is 4. The number of pyridine rings is 1. The summed E-state index contributed by atoms with van der Waals surface area (Å²) in [5.41, 5.74) is 0.873.